The van der Waals surface area contributed by atoms with Crippen molar-refractivity contribution in [1.82, 2.24) is 10.1 Å². The molecule has 0 aliphatic heterocycles. The Bertz CT molecular complexity index is 1220. The molecule has 0 aliphatic carbocycles. The lowest BCUT2D eigenvalue weighted by atomic mass is 9.93. The number of benzene rings is 2. The molecule has 0 saturated carbocycles. The van der Waals surface area contributed by atoms with Crippen LogP contribution in [0.2, 0.25) is 10.0 Å². The zero-order valence-corrected chi connectivity index (χ0v) is 17.7. The van der Waals surface area contributed by atoms with Crippen LogP contribution in [0.3, 0.4) is 0 Å². The SMILES string of the molecule is Cc1cc(NC(=O)c2c(C)nc3ccc(Cl)cc3c2-c2ccccc2Cl)no1.[Cl-]. The highest BCUT2D eigenvalue weighted by atomic mass is 35.5. The summed E-state index contributed by atoms with van der Waals surface area (Å²) in [6.07, 6.45) is 0. The fourth-order valence-corrected chi connectivity index (χ4v) is 3.59. The highest BCUT2D eigenvalue weighted by Crippen LogP contribution is 2.38. The Morgan fingerprint density at radius 2 is 1.83 bits per heavy atom. The molecule has 8 heteroatoms. The molecule has 148 valence electrons. The molecule has 0 atom stereocenters. The molecule has 2 aromatic carbocycles. The van der Waals surface area contributed by atoms with Gasteiger partial charge in [0.05, 0.1) is 16.8 Å². The molecule has 29 heavy (non-hydrogen) atoms. The Hall–Kier alpha value is -2.60. The van der Waals surface area contributed by atoms with Crippen LogP contribution in [-0.2, 0) is 0 Å². The number of hydrogen-bond acceptors (Lipinski definition) is 4. The van der Waals surface area contributed by atoms with Gasteiger partial charge in [0, 0.05) is 32.6 Å². The lowest BCUT2D eigenvalue weighted by molar-refractivity contribution is -0.0000138. The first-order valence-corrected chi connectivity index (χ1v) is 9.29. The van der Waals surface area contributed by atoms with E-state index in [1.807, 2.05) is 24.3 Å². The van der Waals surface area contributed by atoms with E-state index in [0.29, 0.717) is 38.4 Å². The van der Waals surface area contributed by atoms with Gasteiger partial charge in [-0.25, -0.2) is 0 Å². The Labute approximate surface area is 183 Å². The third-order valence-electron chi connectivity index (χ3n) is 4.37. The van der Waals surface area contributed by atoms with Crippen molar-refractivity contribution in [2.45, 2.75) is 13.8 Å². The summed E-state index contributed by atoms with van der Waals surface area (Å²) in [5, 5.41) is 8.42. The number of carbonyl (C=O) groups excluding carboxylic acids is 1. The monoisotopic (exact) mass is 446 g/mol. The van der Waals surface area contributed by atoms with Crippen LogP contribution in [-0.4, -0.2) is 16.0 Å². The average molecular weight is 448 g/mol. The average Bonchev–Trinajstić information content (AvgIpc) is 3.06. The number of aromatic nitrogens is 2. The van der Waals surface area contributed by atoms with Crippen molar-refractivity contribution in [3.05, 3.63) is 75.6 Å². The number of anilines is 1. The maximum absolute atomic E-state index is 13.2. The van der Waals surface area contributed by atoms with Crippen molar-refractivity contribution in [2.75, 3.05) is 5.32 Å². The number of pyridine rings is 1. The molecule has 0 unspecified atom stereocenters. The van der Waals surface area contributed by atoms with Gasteiger partial charge in [0.15, 0.2) is 5.82 Å². The summed E-state index contributed by atoms with van der Waals surface area (Å²) >= 11 is 12.7. The molecule has 0 fully saturated rings. The van der Waals surface area contributed by atoms with Gasteiger partial charge in [-0.1, -0.05) is 46.6 Å². The summed E-state index contributed by atoms with van der Waals surface area (Å²) in [6, 6.07) is 14.4. The van der Waals surface area contributed by atoms with Crippen molar-refractivity contribution in [1.29, 1.82) is 0 Å². The number of nitrogens with one attached hydrogen (secondary N) is 1. The predicted octanol–water partition coefficient (Wildman–Crippen LogP) is 3.07. The Kier molecular flexibility index (Phi) is 6.13. The van der Waals surface area contributed by atoms with Crippen LogP contribution in [0.1, 0.15) is 21.8 Å². The maximum atomic E-state index is 13.2. The molecule has 0 spiro atoms. The summed E-state index contributed by atoms with van der Waals surface area (Å²) in [5.41, 5.74) is 3.10. The van der Waals surface area contributed by atoms with Crippen molar-refractivity contribution in [3.63, 3.8) is 0 Å². The maximum Gasteiger partial charge on any atom is 0.259 e. The van der Waals surface area contributed by atoms with Crippen molar-refractivity contribution in [2.24, 2.45) is 0 Å². The minimum Gasteiger partial charge on any atom is -1.00 e. The van der Waals surface area contributed by atoms with E-state index in [2.05, 4.69) is 15.5 Å². The fraction of sp³-hybridized carbons (Fsp3) is 0.0952. The van der Waals surface area contributed by atoms with Crippen LogP contribution < -0.4 is 17.7 Å². The second-order valence-electron chi connectivity index (χ2n) is 6.37. The van der Waals surface area contributed by atoms with Gasteiger partial charge in [0.1, 0.15) is 5.76 Å². The van der Waals surface area contributed by atoms with Crippen LogP contribution in [0, 0.1) is 13.8 Å². The molecule has 5 nitrogen and oxygen atoms in total. The molecule has 2 aromatic heterocycles. The molecule has 0 bridgehead atoms. The van der Waals surface area contributed by atoms with Gasteiger partial charge in [0.25, 0.3) is 5.91 Å². The van der Waals surface area contributed by atoms with Gasteiger partial charge in [-0.05, 0) is 38.1 Å². The Morgan fingerprint density at radius 1 is 1.07 bits per heavy atom. The van der Waals surface area contributed by atoms with Gasteiger partial charge in [-0.2, -0.15) is 0 Å². The van der Waals surface area contributed by atoms with Gasteiger partial charge in [0.2, 0.25) is 0 Å². The topological polar surface area (TPSA) is 68.0 Å². The van der Waals surface area contributed by atoms with E-state index in [4.69, 9.17) is 27.7 Å². The first kappa shape index (κ1) is 21.1. The predicted molar refractivity (Wildman–Crippen MR) is 111 cm³/mol. The molecule has 0 aliphatic rings. The molecule has 4 aromatic rings. The van der Waals surface area contributed by atoms with E-state index in [-0.39, 0.29) is 18.3 Å². The van der Waals surface area contributed by atoms with E-state index in [9.17, 15) is 4.79 Å². The summed E-state index contributed by atoms with van der Waals surface area (Å²) < 4.78 is 5.03. The highest BCUT2D eigenvalue weighted by molar-refractivity contribution is 6.35. The minimum atomic E-state index is -0.352. The second-order valence-corrected chi connectivity index (χ2v) is 7.21. The summed E-state index contributed by atoms with van der Waals surface area (Å²) in [6.45, 7) is 3.54. The molecule has 4 rings (SSSR count). The van der Waals surface area contributed by atoms with Crippen LogP contribution in [0.25, 0.3) is 22.0 Å². The molecular weight excluding hydrogens is 433 g/mol. The zero-order valence-electron chi connectivity index (χ0n) is 15.5. The summed E-state index contributed by atoms with van der Waals surface area (Å²) in [7, 11) is 0. The number of halogens is 3. The number of rotatable bonds is 3. The zero-order chi connectivity index (χ0) is 19.8. The number of fused-ring (bicyclic) bond motifs is 1. The molecule has 1 N–H and O–H groups in total. The van der Waals surface area contributed by atoms with E-state index < -0.39 is 0 Å². The van der Waals surface area contributed by atoms with Gasteiger partial charge < -0.3 is 22.2 Å². The standard InChI is InChI=1S/C21H15Cl2N3O2.ClH/c1-11-9-18(26-28-11)25-21(27)19-12(2)24-17-8-7-13(22)10-15(17)20(19)14-5-3-4-6-16(14)23;/h3-10H,1-2H3,(H,25,26,27);1H/p-1. The van der Waals surface area contributed by atoms with Crippen LogP contribution in [0.4, 0.5) is 5.82 Å². The number of hydrogen-bond donors (Lipinski definition) is 1. The van der Waals surface area contributed by atoms with Crippen molar-refractivity contribution >= 4 is 45.8 Å². The summed E-state index contributed by atoms with van der Waals surface area (Å²) in [4.78, 5) is 17.8. The second kappa shape index (κ2) is 8.41. The number of aryl methyl sites for hydroxylation is 2. The quantitative estimate of drug-likeness (QED) is 0.524. The van der Waals surface area contributed by atoms with Crippen LogP contribution >= 0.6 is 23.2 Å². The number of amides is 1. The first-order chi connectivity index (χ1) is 13.4. The number of carbonyl (C=O) groups is 1. The Balaban J connectivity index is 0.00000240. The molecule has 0 radical (unpaired) electrons. The first-order valence-electron chi connectivity index (χ1n) is 8.53. The molecular formula is C21H15Cl3N3O2-. The molecule has 1 amide bonds. The molecule has 2 heterocycles. The number of nitrogens with zero attached hydrogens (tertiary/aromatic N) is 2. The third kappa shape index (κ3) is 4.08. The van der Waals surface area contributed by atoms with Gasteiger partial charge >= 0.3 is 0 Å². The Morgan fingerprint density at radius 3 is 2.52 bits per heavy atom. The van der Waals surface area contributed by atoms with Crippen molar-refractivity contribution < 1.29 is 21.7 Å². The lowest BCUT2D eigenvalue weighted by Gasteiger charge is -2.16. The lowest BCUT2D eigenvalue weighted by Crippen LogP contribution is -3.00. The van der Waals surface area contributed by atoms with E-state index in [0.717, 1.165) is 16.5 Å². The van der Waals surface area contributed by atoms with E-state index in [1.165, 1.54) is 0 Å². The van der Waals surface area contributed by atoms with Gasteiger partial charge in [-0.15, -0.1) is 0 Å². The third-order valence-corrected chi connectivity index (χ3v) is 4.93. The largest absolute Gasteiger partial charge is 1.00 e. The van der Waals surface area contributed by atoms with Crippen LogP contribution in [0.5, 0.6) is 0 Å². The highest BCUT2D eigenvalue weighted by Gasteiger charge is 2.22. The van der Waals surface area contributed by atoms with Gasteiger partial charge in [-0.3, -0.25) is 9.78 Å². The molecule has 0 saturated heterocycles. The summed E-state index contributed by atoms with van der Waals surface area (Å²) in [5.74, 6) is 0.579. The smallest absolute Gasteiger partial charge is 0.259 e. The fourth-order valence-electron chi connectivity index (χ4n) is 3.18. The van der Waals surface area contributed by atoms with Crippen LogP contribution in [0.15, 0.2) is 53.1 Å². The van der Waals surface area contributed by atoms with E-state index >= 15 is 0 Å². The normalized spacial score (nSPS) is 10.6. The van der Waals surface area contributed by atoms with Crippen molar-refractivity contribution in [3.8, 4) is 11.1 Å². The van der Waals surface area contributed by atoms with E-state index in [1.54, 1.807) is 38.1 Å². The minimum absolute atomic E-state index is 0.